The lowest BCUT2D eigenvalue weighted by Crippen LogP contribution is -2.35. The standard InChI is InChI=1S/C32H31F3N6O2S2/c1-20(37-29(44)38-30-41(27(42)18-45-30)26-8-6-5-7-25(26)31(2,3)4)17-21-9-11-22(12-10-21)28-36-19-40(39-28)23-13-15-24(16-14-23)43-32(33,34)35/h5-16,19-20H,17-18H2,1-4H3,(H,37,44). The molecule has 1 N–H and O–H groups in total. The van der Waals surface area contributed by atoms with Gasteiger partial charge in [-0.1, -0.05) is 75.0 Å². The molecule has 0 bridgehead atoms. The summed E-state index contributed by atoms with van der Waals surface area (Å²) in [6, 6.07) is 21.0. The highest BCUT2D eigenvalue weighted by molar-refractivity contribution is 8.15. The zero-order chi connectivity index (χ0) is 32.4. The summed E-state index contributed by atoms with van der Waals surface area (Å²) < 4.78 is 42.7. The van der Waals surface area contributed by atoms with Gasteiger partial charge in [-0.2, -0.15) is 4.99 Å². The fraction of sp³-hybridized carbons (Fsp3) is 0.281. The Balaban J connectivity index is 1.20. The Morgan fingerprint density at radius 1 is 1.07 bits per heavy atom. The molecule has 1 aliphatic rings. The van der Waals surface area contributed by atoms with Crippen molar-refractivity contribution < 1.29 is 22.7 Å². The number of nitrogens with one attached hydrogen (secondary N) is 1. The van der Waals surface area contributed by atoms with Crippen molar-refractivity contribution in [2.24, 2.45) is 4.99 Å². The maximum absolute atomic E-state index is 12.9. The third kappa shape index (κ3) is 8.08. The summed E-state index contributed by atoms with van der Waals surface area (Å²) in [4.78, 5) is 23.5. The molecule has 0 spiro atoms. The van der Waals surface area contributed by atoms with Crippen LogP contribution in [0.3, 0.4) is 0 Å². The molecule has 1 fully saturated rings. The highest BCUT2D eigenvalue weighted by atomic mass is 32.2. The first-order valence-corrected chi connectivity index (χ1v) is 15.5. The molecule has 234 valence electrons. The number of alkyl halides is 3. The number of carbonyl (C=O) groups is 1. The second kappa shape index (κ2) is 13.0. The van der Waals surface area contributed by atoms with E-state index in [0.717, 1.165) is 22.4 Å². The maximum Gasteiger partial charge on any atom is 0.573 e. The van der Waals surface area contributed by atoms with Gasteiger partial charge in [-0.25, -0.2) is 9.67 Å². The molecule has 1 unspecified atom stereocenters. The first-order valence-electron chi connectivity index (χ1n) is 14.1. The molecule has 4 aromatic rings. The Bertz CT molecular complexity index is 1710. The Hall–Kier alpha value is -4.23. The number of amidine groups is 1. The van der Waals surface area contributed by atoms with E-state index in [1.807, 2.05) is 55.5 Å². The van der Waals surface area contributed by atoms with E-state index in [4.69, 9.17) is 12.2 Å². The van der Waals surface area contributed by atoms with Crippen molar-refractivity contribution >= 4 is 45.9 Å². The molecule has 3 aromatic carbocycles. The number of carbonyl (C=O) groups excluding carboxylic acids is 1. The number of ether oxygens (including phenoxy) is 1. The van der Waals surface area contributed by atoms with Gasteiger partial charge in [0, 0.05) is 11.6 Å². The summed E-state index contributed by atoms with van der Waals surface area (Å²) in [5, 5.41) is 8.58. The van der Waals surface area contributed by atoms with Gasteiger partial charge in [0.15, 0.2) is 16.1 Å². The van der Waals surface area contributed by atoms with Crippen LogP contribution in [0.15, 0.2) is 84.1 Å². The summed E-state index contributed by atoms with van der Waals surface area (Å²) in [5.74, 6) is 0.439. The van der Waals surface area contributed by atoms with Crippen molar-refractivity contribution in [2.75, 3.05) is 10.7 Å². The number of hydrogen-bond donors (Lipinski definition) is 1. The van der Waals surface area contributed by atoms with Gasteiger partial charge in [0.05, 0.1) is 17.1 Å². The number of thiocarbonyl (C=S) groups is 1. The lowest BCUT2D eigenvalue weighted by atomic mass is 9.85. The quantitative estimate of drug-likeness (QED) is 0.214. The van der Waals surface area contributed by atoms with E-state index in [1.165, 1.54) is 47.0 Å². The Morgan fingerprint density at radius 3 is 2.42 bits per heavy atom. The Kier molecular flexibility index (Phi) is 9.31. The van der Waals surface area contributed by atoms with Crippen LogP contribution in [0, 0.1) is 0 Å². The number of anilines is 1. The predicted octanol–water partition coefficient (Wildman–Crippen LogP) is 7.07. The van der Waals surface area contributed by atoms with Crippen LogP contribution in [-0.2, 0) is 16.6 Å². The summed E-state index contributed by atoms with van der Waals surface area (Å²) in [7, 11) is 0. The fourth-order valence-electron chi connectivity index (χ4n) is 4.83. The van der Waals surface area contributed by atoms with Crippen LogP contribution in [0.2, 0.25) is 0 Å². The molecule has 0 radical (unpaired) electrons. The Morgan fingerprint density at radius 2 is 1.76 bits per heavy atom. The molecule has 45 heavy (non-hydrogen) atoms. The monoisotopic (exact) mass is 652 g/mol. The minimum atomic E-state index is -4.75. The number of benzene rings is 3. The molecule has 1 aromatic heterocycles. The molecular weight excluding hydrogens is 622 g/mol. The van der Waals surface area contributed by atoms with Gasteiger partial charge in [0.25, 0.3) is 0 Å². The number of nitrogens with zero attached hydrogens (tertiary/aromatic N) is 5. The van der Waals surface area contributed by atoms with E-state index in [1.54, 1.807) is 4.90 Å². The highest BCUT2D eigenvalue weighted by Gasteiger charge is 2.34. The SMILES string of the molecule is CC(Cc1ccc(-c2ncn(-c3ccc(OC(F)(F)F)cc3)n2)cc1)NC(=S)N=C1SCC(=O)N1c1ccccc1C(C)(C)C. The molecule has 1 aliphatic heterocycles. The zero-order valence-electron chi connectivity index (χ0n) is 25.0. The highest BCUT2D eigenvalue weighted by Crippen LogP contribution is 2.36. The van der Waals surface area contributed by atoms with Crippen LogP contribution in [0.5, 0.6) is 5.75 Å². The van der Waals surface area contributed by atoms with Crippen LogP contribution in [0.4, 0.5) is 18.9 Å². The fourth-order valence-corrected chi connectivity index (χ4v) is 6.04. The van der Waals surface area contributed by atoms with Crippen molar-refractivity contribution in [1.82, 2.24) is 20.1 Å². The predicted molar refractivity (Wildman–Crippen MR) is 175 cm³/mol. The minimum Gasteiger partial charge on any atom is -0.406 e. The smallest absolute Gasteiger partial charge is 0.406 e. The van der Waals surface area contributed by atoms with Crippen molar-refractivity contribution in [3.8, 4) is 22.8 Å². The van der Waals surface area contributed by atoms with Crippen LogP contribution >= 0.6 is 24.0 Å². The third-order valence-electron chi connectivity index (χ3n) is 6.87. The van der Waals surface area contributed by atoms with Crippen molar-refractivity contribution in [2.45, 2.75) is 51.9 Å². The molecule has 1 saturated heterocycles. The topological polar surface area (TPSA) is 84.6 Å². The van der Waals surface area contributed by atoms with Gasteiger partial charge < -0.3 is 10.1 Å². The molecule has 1 amide bonds. The number of halogens is 3. The number of amides is 1. The van der Waals surface area contributed by atoms with Crippen LogP contribution in [0.25, 0.3) is 17.1 Å². The second-order valence-electron chi connectivity index (χ2n) is 11.5. The van der Waals surface area contributed by atoms with E-state index >= 15 is 0 Å². The van der Waals surface area contributed by atoms with Gasteiger partial charge in [0.1, 0.15) is 12.1 Å². The van der Waals surface area contributed by atoms with Crippen molar-refractivity contribution in [3.63, 3.8) is 0 Å². The van der Waals surface area contributed by atoms with Crippen LogP contribution in [0.1, 0.15) is 38.8 Å². The number of hydrogen-bond acceptors (Lipinski definition) is 6. The molecule has 0 aliphatic carbocycles. The zero-order valence-corrected chi connectivity index (χ0v) is 26.6. The molecule has 0 saturated carbocycles. The van der Waals surface area contributed by atoms with Gasteiger partial charge in [-0.15, -0.1) is 18.3 Å². The largest absolute Gasteiger partial charge is 0.573 e. The van der Waals surface area contributed by atoms with E-state index < -0.39 is 6.36 Å². The number of thioether (sulfide) groups is 1. The summed E-state index contributed by atoms with van der Waals surface area (Å²) in [5.41, 5.74) is 4.11. The van der Waals surface area contributed by atoms with Gasteiger partial charge in [-0.05, 0) is 72.4 Å². The van der Waals surface area contributed by atoms with Crippen LogP contribution < -0.4 is 15.0 Å². The Labute approximate surface area is 268 Å². The lowest BCUT2D eigenvalue weighted by molar-refractivity contribution is -0.274. The normalized spacial score (nSPS) is 15.4. The first kappa shape index (κ1) is 32.2. The van der Waals surface area contributed by atoms with Gasteiger partial charge >= 0.3 is 6.36 Å². The average molecular weight is 653 g/mol. The number of aromatic nitrogens is 3. The average Bonchev–Trinajstić information content (AvgIpc) is 3.59. The maximum atomic E-state index is 12.9. The molecule has 8 nitrogen and oxygen atoms in total. The van der Waals surface area contributed by atoms with Crippen LogP contribution in [-0.4, -0.2) is 49.1 Å². The second-order valence-corrected chi connectivity index (χ2v) is 12.8. The summed E-state index contributed by atoms with van der Waals surface area (Å²) in [6.45, 7) is 8.35. The van der Waals surface area contributed by atoms with Crippen molar-refractivity contribution in [1.29, 1.82) is 0 Å². The molecular formula is C32H31F3N6O2S2. The number of rotatable bonds is 7. The first-order chi connectivity index (χ1) is 21.3. The van der Waals surface area contributed by atoms with E-state index in [-0.39, 0.29) is 23.1 Å². The number of para-hydroxylation sites is 1. The van der Waals surface area contributed by atoms with E-state index in [9.17, 15) is 18.0 Å². The third-order valence-corrected chi connectivity index (χ3v) is 8.00. The van der Waals surface area contributed by atoms with E-state index in [0.29, 0.717) is 34.0 Å². The summed E-state index contributed by atoms with van der Waals surface area (Å²) in [6.07, 6.45) is -2.59. The molecule has 2 heterocycles. The van der Waals surface area contributed by atoms with Gasteiger partial charge in [0.2, 0.25) is 5.91 Å². The van der Waals surface area contributed by atoms with E-state index in [2.05, 4.69) is 45.9 Å². The van der Waals surface area contributed by atoms with Gasteiger partial charge in [-0.3, -0.25) is 9.69 Å². The molecule has 5 rings (SSSR count). The number of aliphatic imine (C=N–C) groups is 1. The molecule has 1 atom stereocenters. The lowest BCUT2D eigenvalue weighted by Gasteiger charge is -2.27. The molecule has 13 heteroatoms. The minimum absolute atomic E-state index is 0.0286. The van der Waals surface area contributed by atoms with Crippen molar-refractivity contribution in [3.05, 3.63) is 90.3 Å². The summed E-state index contributed by atoms with van der Waals surface area (Å²) >= 11 is 6.94.